The SMILES string of the molecule is Cc1ccnc(C2CCCCC2)c1O. The van der Waals surface area contributed by atoms with Crippen LogP contribution >= 0.6 is 0 Å². The molecule has 2 heteroatoms. The van der Waals surface area contributed by atoms with E-state index in [9.17, 15) is 5.11 Å². The van der Waals surface area contributed by atoms with Crippen LogP contribution in [0.15, 0.2) is 12.3 Å². The lowest BCUT2D eigenvalue weighted by Crippen LogP contribution is -2.07. The lowest BCUT2D eigenvalue weighted by molar-refractivity contribution is 0.404. The molecule has 0 unspecified atom stereocenters. The standard InChI is InChI=1S/C12H17NO/c1-9-7-8-13-11(12(9)14)10-5-3-2-4-6-10/h7-8,10,14H,2-6H2,1H3. The molecular weight excluding hydrogens is 174 g/mol. The fourth-order valence-electron chi connectivity index (χ4n) is 2.25. The van der Waals surface area contributed by atoms with Gasteiger partial charge < -0.3 is 5.11 Å². The Morgan fingerprint density at radius 1 is 1.29 bits per heavy atom. The third kappa shape index (κ3) is 1.74. The lowest BCUT2D eigenvalue weighted by Gasteiger charge is -2.22. The van der Waals surface area contributed by atoms with Gasteiger partial charge in [-0.1, -0.05) is 19.3 Å². The summed E-state index contributed by atoms with van der Waals surface area (Å²) in [7, 11) is 0. The Kier molecular flexibility index (Phi) is 2.71. The maximum atomic E-state index is 9.89. The monoisotopic (exact) mass is 191 g/mol. The second-order valence-corrected chi connectivity index (χ2v) is 4.20. The molecule has 0 saturated heterocycles. The van der Waals surface area contributed by atoms with Crippen molar-refractivity contribution in [1.82, 2.24) is 4.98 Å². The summed E-state index contributed by atoms with van der Waals surface area (Å²) in [4.78, 5) is 4.31. The number of pyridine rings is 1. The maximum Gasteiger partial charge on any atom is 0.140 e. The molecule has 1 fully saturated rings. The summed E-state index contributed by atoms with van der Waals surface area (Å²) < 4.78 is 0. The minimum Gasteiger partial charge on any atom is -0.506 e. The predicted molar refractivity (Wildman–Crippen MR) is 56.5 cm³/mol. The number of rotatable bonds is 1. The van der Waals surface area contributed by atoms with Crippen LogP contribution in [0.4, 0.5) is 0 Å². The van der Waals surface area contributed by atoms with E-state index in [1.54, 1.807) is 6.20 Å². The van der Waals surface area contributed by atoms with E-state index in [0.717, 1.165) is 11.3 Å². The average Bonchev–Trinajstić information content (AvgIpc) is 2.23. The summed E-state index contributed by atoms with van der Waals surface area (Å²) in [6.07, 6.45) is 8.07. The zero-order chi connectivity index (χ0) is 9.97. The fraction of sp³-hybridized carbons (Fsp3) is 0.583. The predicted octanol–water partition coefficient (Wildman–Crippen LogP) is 3.14. The highest BCUT2D eigenvalue weighted by molar-refractivity contribution is 5.36. The molecule has 0 spiro atoms. The molecule has 1 aliphatic rings. The molecule has 2 rings (SSSR count). The number of aromatic hydroxyl groups is 1. The Balaban J connectivity index is 2.26. The van der Waals surface area contributed by atoms with Gasteiger partial charge in [0.2, 0.25) is 0 Å². The van der Waals surface area contributed by atoms with Crippen LogP contribution in [0.25, 0.3) is 0 Å². The van der Waals surface area contributed by atoms with Gasteiger partial charge in [-0.25, -0.2) is 0 Å². The summed E-state index contributed by atoms with van der Waals surface area (Å²) in [5, 5.41) is 9.89. The van der Waals surface area contributed by atoms with Crippen LogP contribution in [0.5, 0.6) is 5.75 Å². The number of aromatic nitrogens is 1. The highest BCUT2D eigenvalue weighted by atomic mass is 16.3. The second kappa shape index (κ2) is 3.99. The van der Waals surface area contributed by atoms with Crippen molar-refractivity contribution >= 4 is 0 Å². The van der Waals surface area contributed by atoms with Crippen LogP contribution in [0.2, 0.25) is 0 Å². The van der Waals surface area contributed by atoms with E-state index in [1.807, 2.05) is 13.0 Å². The van der Waals surface area contributed by atoms with E-state index >= 15 is 0 Å². The number of aryl methyl sites for hydroxylation is 1. The van der Waals surface area contributed by atoms with E-state index in [4.69, 9.17) is 0 Å². The van der Waals surface area contributed by atoms with Crippen LogP contribution in [-0.4, -0.2) is 10.1 Å². The van der Waals surface area contributed by atoms with Crippen LogP contribution < -0.4 is 0 Å². The Hall–Kier alpha value is -1.05. The van der Waals surface area contributed by atoms with Gasteiger partial charge >= 0.3 is 0 Å². The van der Waals surface area contributed by atoms with E-state index in [1.165, 1.54) is 32.1 Å². The molecule has 0 atom stereocenters. The third-order valence-corrected chi connectivity index (χ3v) is 3.15. The molecule has 0 bridgehead atoms. The smallest absolute Gasteiger partial charge is 0.140 e. The zero-order valence-electron chi connectivity index (χ0n) is 8.66. The summed E-state index contributed by atoms with van der Waals surface area (Å²) in [5.74, 6) is 0.906. The molecule has 14 heavy (non-hydrogen) atoms. The molecule has 1 N–H and O–H groups in total. The zero-order valence-corrected chi connectivity index (χ0v) is 8.66. The van der Waals surface area contributed by atoms with Gasteiger partial charge in [-0.05, 0) is 31.4 Å². The van der Waals surface area contributed by atoms with Crippen molar-refractivity contribution in [3.05, 3.63) is 23.5 Å². The Morgan fingerprint density at radius 3 is 2.71 bits per heavy atom. The number of nitrogens with zero attached hydrogens (tertiary/aromatic N) is 1. The van der Waals surface area contributed by atoms with Crippen LogP contribution in [0.1, 0.15) is 49.3 Å². The molecule has 0 aromatic carbocycles. The summed E-state index contributed by atoms with van der Waals surface area (Å²) in [6.45, 7) is 1.93. The van der Waals surface area contributed by atoms with Gasteiger partial charge in [-0.15, -0.1) is 0 Å². The highest BCUT2D eigenvalue weighted by Crippen LogP contribution is 2.36. The second-order valence-electron chi connectivity index (χ2n) is 4.20. The quantitative estimate of drug-likeness (QED) is 0.739. The molecular formula is C12H17NO. The molecule has 2 nitrogen and oxygen atoms in total. The van der Waals surface area contributed by atoms with Crippen LogP contribution in [-0.2, 0) is 0 Å². The largest absolute Gasteiger partial charge is 0.506 e. The van der Waals surface area contributed by atoms with Gasteiger partial charge in [0.15, 0.2) is 0 Å². The average molecular weight is 191 g/mol. The van der Waals surface area contributed by atoms with Gasteiger partial charge in [0, 0.05) is 12.1 Å². The first-order valence-corrected chi connectivity index (χ1v) is 5.43. The first-order valence-electron chi connectivity index (χ1n) is 5.43. The molecule has 76 valence electrons. The van der Waals surface area contributed by atoms with Crippen molar-refractivity contribution in [2.45, 2.75) is 44.9 Å². The van der Waals surface area contributed by atoms with Gasteiger partial charge in [0.1, 0.15) is 5.75 Å². The van der Waals surface area contributed by atoms with Gasteiger partial charge in [-0.2, -0.15) is 0 Å². The molecule has 0 amide bonds. The van der Waals surface area contributed by atoms with E-state index in [-0.39, 0.29) is 0 Å². The fourth-order valence-corrected chi connectivity index (χ4v) is 2.25. The minimum absolute atomic E-state index is 0.416. The summed E-state index contributed by atoms with van der Waals surface area (Å²) >= 11 is 0. The minimum atomic E-state index is 0.416. The van der Waals surface area contributed by atoms with Crippen molar-refractivity contribution in [1.29, 1.82) is 0 Å². The van der Waals surface area contributed by atoms with Crippen molar-refractivity contribution < 1.29 is 5.11 Å². The van der Waals surface area contributed by atoms with E-state index in [2.05, 4.69) is 4.98 Å². The summed E-state index contributed by atoms with van der Waals surface area (Å²) in [6, 6.07) is 1.86. The molecule has 0 radical (unpaired) electrons. The van der Waals surface area contributed by atoms with Gasteiger partial charge in [0.05, 0.1) is 5.69 Å². The van der Waals surface area contributed by atoms with Crippen LogP contribution in [0, 0.1) is 6.92 Å². The Bertz CT molecular complexity index is 316. The van der Waals surface area contributed by atoms with E-state index in [0.29, 0.717) is 11.7 Å². The maximum absolute atomic E-state index is 9.89. The normalized spacial score (nSPS) is 18.4. The van der Waals surface area contributed by atoms with Crippen molar-refractivity contribution in [2.75, 3.05) is 0 Å². The summed E-state index contributed by atoms with van der Waals surface area (Å²) in [5.41, 5.74) is 1.87. The van der Waals surface area contributed by atoms with Crippen molar-refractivity contribution in [3.63, 3.8) is 0 Å². The number of hydrogen-bond donors (Lipinski definition) is 1. The molecule has 1 saturated carbocycles. The van der Waals surface area contributed by atoms with Crippen molar-refractivity contribution in [3.8, 4) is 5.75 Å². The first-order chi connectivity index (χ1) is 6.79. The highest BCUT2D eigenvalue weighted by Gasteiger charge is 2.20. The molecule has 1 heterocycles. The topological polar surface area (TPSA) is 33.1 Å². The Morgan fingerprint density at radius 2 is 2.00 bits per heavy atom. The number of hydrogen-bond acceptors (Lipinski definition) is 2. The molecule has 1 aromatic heterocycles. The van der Waals surface area contributed by atoms with Crippen LogP contribution in [0.3, 0.4) is 0 Å². The van der Waals surface area contributed by atoms with E-state index < -0.39 is 0 Å². The first kappa shape index (κ1) is 9.50. The molecule has 1 aromatic rings. The Labute approximate surface area is 85.0 Å². The molecule has 1 aliphatic carbocycles. The third-order valence-electron chi connectivity index (χ3n) is 3.15. The van der Waals surface area contributed by atoms with Gasteiger partial charge in [-0.3, -0.25) is 4.98 Å². The molecule has 0 aliphatic heterocycles. The lowest BCUT2D eigenvalue weighted by atomic mass is 9.86. The van der Waals surface area contributed by atoms with Crippen molar-refractivity contribution in [2.24, 2.45) is 0 Å². The van der Waals surface area contributed by atoms with Gasteiger partial charge in [0.25, 0.3) is 0 Å².